The number of ether oxygens (including phenoxy) is 1. The van der Waals surface area contributed by atoms with Gasteiger partial charge in [-0.3, -0.25) is 14.4 Å². The largest absolute Gasteiger partial charge is 0.466 e. The van der Waals surface area contributed by atoms with E-state index in [1.165, 1.54) is 5.56 Å². The molecule has 1 saturated heterocycles. The van der Waals surface area contributed by atoms with Crippen molar-refractivity contribution in [1.82, 2.24) is 14.7 Å². The van der Waals surface area contributed by atoms with E-state index in [4.69, 9.17) is 4.74 Å². The maximum absolute atomic E-state index is 11.7. The molecule has 0 radical (unpaired) electrons. The third-order valence-corrected chi connectivity index (χ3v) is 3.29. The Bertz CT molecular complexity index is 403. The Kier molecular flexibility index (Phi) is 4.36. The number of piperidine rings is 1. The van der Waals surface area contributed by atoms with Gasteiger partial charge >= 0.3 is 5.97 Å². The van der Waals surface area contributed by atoms with E-state index in [2.05, 4.69) is 10.00 Å². The average Bonchev–Trinajstić information content (AvgIpc) is 2.75. The molecular formula is C13H21N3O2. The maximum Gasteiger partial charge on any atom is 0.310 e. The molecule has 1 atom stereocenters. The molecule has 0 bridgehead atoms. The summed E-state index contributed by atoms with van der Waals surface area (Å²) in [6.45, 7) is 5.04. The number of rotatable bonds is 4. The molecule has 1 aromatic rings. The van der Waals surface area contributed by atoms with Crippen LogP contribution in [0.1, 0.15) is 25.3 Å². The number of nitrogens with zero attached hydrogens (tertiary/aromatic N) is 3. The number of aryl methyl sites for hydroxylation is 1. The van der Waals surface area contributed by atoms with Crippen LogP contribution in [-0.2, 0) is 23.1 Å². The summed E-state index contributed by atoms with van der Waals surface area (Å²) in [6, 6.07) is 0. The van der Waals surface area contributed by atoms with E-state index < -0.39 is 0 Å². The van der Waals surface area contributed by atoms with Crippen molar-refractivity contribution in [3.05, 3.63) is 18.0 Å². The molecule has 1 aromatic heterocycles. The first-order valence-corrected chi connectivity index (χ1v) is 6.55. The van der Waals surface area contributed by atoms with E-state index in [1.54, 1.807) is 0 Å². The second-order valence-electron chi connectivity index (χ2n) is 4.85. The molecule has 2 heterocycles. The molecule has 18 heavy (non-hydrogen) atoms. The van der Waals surface area contributed by atoms with Crippen molar-refractivity contribution >= 4 is 5.97 Å². The quantitative estimate of drug-likeness (QED) is 0.754. The molecule has 0 aliphatic carbocycles. The monoisotopic (exact) mass is 251 g/mol. The van der Waals surface area contributed by atoms with E-state index in [1.807, 2.05) is 31.0 Å². The minimum absolute atomic E-state index is 0.0374. The van der Waals surface area contributed by atoms with Crippen LogP contribution in [-0.4, -0.2) is 40.3 Å². The van der Waals surface area contributed by atoms with Gasteiger partial charge in [0.2, 0.25) is 0 Å². The van der Waals surface area contributed by atoms with E-state index in [0.29, 0.717) is 6.61 Å². The van der Waals surface area contributed by atoms with E-state index in [-0.39, 0.29) is 11.9 Å². The molecule has 0 N–H and O–H groups in total. The fourth-order valence-electron chi connectivity index (χ4n) is 2.46. The second kappa shape index (κ2) is 6.00. The van der Waals surface area contributed by atoms with Crippen molar-refractivity contribution < 1.29 is 9.53 Å². The highest BCUT2D eigenvalue weighted by Crippen LogP contribution is 2.19. The molecule has 1 aliphatic heterocycles. The zero-order valence-electron chi connectivity index (χ0n) is 11.1. The molecule has 0 amide bonds. The number of hydrogen-bond donors (Lipinski definition) is 0. The Labute approximate surface area is 108 Å². The maximum atomic E-state index is 11.7. The van der Waals surface area contributed by atoms with Gasteiger partial charge in [-0.2, -0.15) is 5.10 Å². The molecule has 0 spiro atoms. The van der Waals surface area contributed by atoms with Gasteiger partial charge in [0.15, 0.2) is 0 Å². The molecule has 2 rings (SSSR count). The number of carbonyl (C=O) groups is 1. The summed E-state index contributed by atoms with van der Waals surface area (Å²) in [5.41, 5.74) is 1.20. The van der Waals surface area contributed by atoms with Gasteiger partial charge in [-0.25, -0.2) is 0 Å². The summed E-state index contributed by atoms with van der Waals surface area (Å²) in [5.74, 6) is -0.0104. The summed E-state index contributed by atoms with van der Waals surface area (Å²) in [4.78, 5) is 14.0. The number of aromatic nitrogens is 2. The van der Waals surface area contributed by atoms with Crippen LogP contribution in [0.4, 0.5) is 0 Å². The van der Waals surface area contributed by atoms with Crippen LogP contribution >= 0.6 is 0 Å². The van der Waals surface area contributed by atoms with Crippen LogP contribution in [0.2, 0.25) is 0 Å². The topological polar surface area (TPSA) is 47.4 Å². The van der Waals surface area contributed by atoms with Crippen LogP contribution in [0.15, 0.2) is 12.4 Å². The van der Waals surface area contributed by atoms with Gasteiger partial charge in [0.25, 0.3) is 0 Å². The summed E-state index contributed by atoms with van der Waals surface area (Å²) >= 11 is 0. The standard InChI is InChI=1S/C13H21N3O2/c1-3-18-13(17)12-5-4-6-16(10-12)9-11-7-14-15(2)8-11/h7-8,12H,3-6,9-10H2,1-2H3. The molecule has 1 aliphatic rings. The Hall–Kier alpha value is -1.36. The lowest BCUT2D eigenvalue weighted by molar-refractivity contribution is -0.150. The van der Waals surface area contributed by atoms with Crippen molar-refractivity contribution in [3.63, 3.8) is 0 Å². The number of carbonyl (C=O) groups excluding carboxylic acids is 1. The Morgan fingerprint density at radius 3 is 3.11 bits per heavy atom. The fraction of sp³-hybridized carbons (Fsp3) is 0.692. The lowest BCUT2D eigenvalue weighted by atomic mass is 9.98. The highest BCUT2D eigenvalue weighted by Gasteiger charge is 2.26. The summed E-state index contributed by atoms with van der Waals surface area (Å²) in [6.07, 6.45) is 5.91. The molecule has 100 valence electrons. The smallest absolute Gasteiger partial charge is 0.310 e. The van der Waals surface area contributed by atoms with Crippen molar-refractivity contribution in [2.75, 3.05) is 19.7 Å². The van der Waals surface area contributed by atoms with Gasteiger partial charge < -0.3 is 4.74 Å². The minimum Gasteiger partial charge on any atom is -0.466 e. The Morgan fingerprint density at radius 2 is 2.44 bits per heavy atom. The number of esters is 1. The first-order chi connectivity index (χ1) is 8.69. The normalized spacial score (nSPS) is 20.9. The molecule has 1 fully saturated rings. The van der Waals surface area contributed by atoms with Gasteiger partial charge in [-0.05, 0) is 26.3 Å². The van der Waals surface area contributed by atoms with Gasteiger partial charge in [-0.15, -0.1) is 0 Å². The SMILES string of the molecule is CCOC(=O)C1CCCN(Cc2cnn(C)c2)C1. The third kappa shape index (κ3) is 3.32. The predicted molar refractivity (Wildman–Crippen MR) is 67.8 cm³/mol. The molecule has 5 heteroatoms. The molecule has 1 unspecified atom stereocenters. The number of hydrogen-bond acceptors (Lipinski definition) is 4. The van der Waals surface area contributed by atoms with Crippen LogP contribution in [0.3, 0.4) is 0 Å². The lowest BCUT2D eigenvalue weighted by Crippen LogP contribution is -2.38. The molecular weight excluding hydrogens is 230 g/mol. The Balaban J connectivity index is 1.88. The van der Waals surface area contributed by atoms with E-state index in [0.717, 1.165) is 32.5 Å². The van der Waals surface area contributed by atoms with Crippen molar-refractivity contribution in [2.45, 2.75) is 26.3 Å². The fourth-order valence-corrected chi connectivity index (χ4v) is 2.46. The molecule has 0 saturated carbocycles. The first kappa shape index (κ1) is 13.1. The molecule has 5 nitrogen and oxygen atoms in total. The van der Waals surface area contributed by atoms with Gasteiger partial charge in [0, 0.05) is 31.9 Å². The van der Waals surface area contributed by atoms with Crippen LogP contribution < -0.4 is 0 Å². The Morgan fingerprint density at radius 1 is 1.61 bits per heavy atom. The summed E-state index contributed by atoms with van der Waals surface area (Å²) in [5, 5.41) is 4.16. The van der Waals surface area contributed by atoms with Gasteiger partial charge in [-0.1, -0.05) is 0 Å². The highest BCUT2D eigenvalue weighted by molar-refractivity contribution is 5.72. The lowest BCUT2D eigenvalue weighted by Gasteiger charge is -2.31. The van der Waals surface area contributed by atoms with Crippen LogP contribution in [0, 0.1) is 5.92 Å². The van der Waals surface area contributed by atoms with E-state index >= 15 is 0 Å². The van der Waals surface area contributed by atoms with Gasteiger partial charge in [0.1, 0.15) is 0 Å². The van der Waals surface area contributed by atoms with Crippen molar-refractivity contribution in [1.29, 1.82) is 0 Å². The summed E-state index contributed by atoms with van der Waals surface area (Å²) < 4.78 is 6.91. The van der Waals surface area contributed by atoms with Crippen LogP contribution in [0.5, 0.6) is 0 Å². The zero-order chi connectivity index (χ0) is 13.0. The summed E-state index contributed by atoms with van der Waals surface area (Å²) in [7, 11) is 1.92. The van der Waals surface area contributed by atoms with Crippen LogP contribution in [0.25, 0.3) is 0 Å². The van der Waals surface area contributed by atoms with Crippen molar-refractivity contribution in [3.8, 4) is 0 Å². The molecule has 0 aromatic carbocycles. The van der Waals surface area contributed by atoms with E-state index in [9.17, 15) is 4.79 Å². The zero-order valence-corrected chi connectivity index (χ0v) is 11.1. The second-order valence-corrected chi connectivity index (χ2v) is 4.85. The third-order valence-electron chi connectivity index (χ3n) is 3.29. The highest BCUT2D eigenvalue weighted by atomic mass is 16.5. The first-order valence-electron chi connectivity index (χ1n) is 6.55. The average molecular weight is 251 g/mol. The van der Waals surface area contributed by atoms with Gasteiger partial charge in [0.05, 0.1) is 18.7 Å². The minimum atomic E-state index is -0.0478. The predicted octanol–water partition coefficient (Wildman–Crippen LogP) is 1.20. The number of likely N-dealkylation sites (tertiary alicyclic amines) is 1. The van der Waals surface area contributed by atoms with Crippen molar-refractivity contribution in [2.24, 2.45) is 13.0 Å².